The molecule has 0 radical (unpaired) electrons. The number of hydrogen-bond acceptors (Lipinski definition) is 3. The summed E-state index contributed by atoms with van der Waals surface area (Å²) in [6, 6.07) is 19.7. The van der Waals surface area contributed by atoms with Crippen LogP contribution in [-0.2, 0) is 28.3 Å². The van der Waals surface area contributed by atoms with Crippen molar-refractivity contribution >= 4 is 70.0 Å². The van der Waals surface area contributed by atoms with Gasteiger partial charge < -0.3 is 10.2 Å². The van der Waals surface area contributed by atoms with Crippen LogP contribution < -0.4 is 5.32 Å². The number of hydrogen-bond donors (Lipinski definition) is 1. The first-order chi connectivity index (χ1) is 18.8. The maximum Gasteiger partial charge on any atom is 0.243 e. The van der Waals surface area contributed by atoms with Gasteiger partial charge in [0.1, 0.15) is 6.04 Å². The summed E-state index contributed by atoms with van der Waals surface area (Å²) in [5.41, 5.74) is 2.48. The van der Waals surface area contributed by atoms with Gasteiger partial charge in [-0.2, -0.15) is 0 Å². The quantitative estimate of drug-likeness (QED) is 0.234. The van der Waals surface area contributed by atoms with Crippen molar-refractivity contribution in [2.45, 2.75) is 56.5 Å². The summed E-state index contributed by atoms with van der Waals surface area (Å²) in [4.78, 5) is 29.3. The van der Waals surface area contributed by atoms with Crippen molar-refractivity contribution in [3.63, 3.8) is 0 Å². The number of carbonyl (C=O) groups excluding carboxylic acids is 2. The highest BCUT2D eigenvalue weighted by atomic mass is 35.5. The van der Waals surface area contributed by atoms with Gasteiger partial charge in [0.2, 0.25) is 11.8 Å². The van der Waals surface area contributed by atoms with Gasteiger partial charge in [-0.25, -0.2) is 0 Å². The highest BCUT2D eigenvalue weighted by Gasteiger charge is 2.32. The normalized spacial score (nSPS) is 14.3. The topological polar surface area (TPSA) is 49.4 Å². The molecule has 1 saturated carbocycles. The molecule has 0 heterocycles. The van der Waals surface area contributed by atoms with Gasteiger partial charge in [-0.1, -0.05) is 102 Å². The van der Waals surface area contributed by atoms with Gasteiger partial charge in [0.15, 0.2) is 0 Å². The summed E-state index contributed by atoms with van der Waals surface area (Å²) in [6.45, 7) is 0.178. The molecule has 4 rings (SSSR count). The van der Waals surface area contributed by atoms with E-state index in [4.69, 9.17) is 46.4 Å². The molecular formula is C30H30Cl4N2O2S. The van der Waals surface area contributed by atoms with Gasteiger partial charge in [-0.15, -0.1) is 11.8 Å². The fourth-order valence-electron chi connectivity index (χ4n) is 4.75. The van der Waals surface area contributed by atoms with Crippen molar-refractivity contribution in [1.82, 2.24) is 10.2 Å². The lowest BCUT2D eigenvalue weighted by atomic mass is 10.0. The Morgan fingerprint density at radius 3 is 2.26 bits per heavy atom. The largest absolute Gasteiger partial charge is 0.352 e. The summed E-state index contributed by atoms with van der Waals surface area (Å²) in [7, 11) is 0. The van der Waals surface area contributed by atoms with Gasteiger partial charge in [-0.3, -0.25) is 9.59 Å². The molecule has 1 aliphatic rings. The Hall–Kier alpha value is -1.89. The molecular weight excluding hydrogens is 594 g/mol. The highest BCUT2D eigenvalue weighted by Crippen LogP contribution is 2.29. The van der Waals surface area contributed by atoms with Crippen LogP contribution in [0.1, 0.15) is 42.4 Å². The van der Waals surface area contributed by atoms with E-state index in [0.717, 1.165) is 42.4 Å². The van der Waals surface area contributed by atoms with E-state index in [0.29, 0.717) is 32.3 Å². The van der Waals surface area contributed by atoms with Crippen LogP contribution >= 0.6 is 58.2 Å². The first-order valence-corrected chi connectivity index (χ1v) is 15.6. The number of halogens is 4. The van der Waals surface area contributed by atoms with Crippen molar-refractivity contribution in [3.05, 3.63) is 104 Å². The fourth-order valence-corrected chi connectivity index (χ4v) is 6.86. The van der Waals surface area contributed by atoms with Crippen LogP contribution in [0.4, 0.5) is 0 Å². The van der Waals surface area contributed by atoms with Crippen molar-refractivity contribution in [1.29, 1.82) is 0 Å². The minimum atomic E-state index is -0.711. The Kier molecular flexibility index (Phi) is 11.3. The predicted molar refractivity (Wildman–Crippen MR) is 164 cm³/mol. The number of benzene rings is 3. The lowest BCUT2D eigenvalue weighted by molar-refractivity contribution is -0.139. The average molecular weight is 624 g/mol. The second-order valence-corrected chi connectivity index (χ2v) is 12.3. The van der Waals surface area contributed by atoms with Gasteiger partial charge in [0, 0.05) is 44.9 Å². The zero-order chi connectivity index (χ0) is 27.8. The third-order valence-corrected chi connectivity index (χ3v) is 9.10. The molecule has 1 aliphatic carbocycles. The summed E-state index contributed by atoms with van der Waals surface area (Å²) >= 11 is 26.7. The Bertz CT molecular complexity index is 1260. The van der Waals surface area contributed by atoms with E-state index < -0.39 is 6.04 Å². The van der Waals surface area contributed by atoms with Crippen LogP contribution in [0.5, 0.6) is 0 Å². The maximum absolute atomic E-state index is 13.8. The van der Waals surface area contributed by atoms with E-state index in [1.807, 2.05) is 30.3 Å². The van der Waals surface area contributed by atoms with E-state index in [1.165, 1.54) is 11.8 Å². The maximum atomic E-state index is 13.8. The Morgan fingerprint density at radius 1 is 0.897 bits per heavy atom. The van der Waals surface area contributed by atoms with Crippen LogP contribution in [0.2, 0.25) is 20.1 Å². The smallest absolute Gasteiger partial charge is 0.243 e. The summed E-state index contributed by atoms with van der Waals surface area (Å²) in [5, 5.41) is 5.29. The summed E-state index contributed by atoms with van der Waals surface area (Å²) in [5.74, 6) is 0.298. The number of rotatable bonds is 11. The van der Waals surface area contributed by atoms with Crippen molar-refractivity contribution in [2.75, 3.05) is 5.75 Å². The molecule has 0 aromatic heterocycles. The number of nitrogens with zero attached hydrogens (tertiary/aromatic N) is 1. The zero-order valence-electron chi connectivity index (χ0n) is 21.3. The lowest BCUT2D eigenvalue weighted by Gasteiger charge is -2.32. The SMILES string of the molecule is O=C(NC1CCCC1)[C@@H](Cc1ccccc1)N(Cc1ccc(Cl)cc1Cl)C(=O)CSCc1c(Cl)cccc1Cl. The van der Waals surface area contributed by atoms with E-state index in [-0.39, 0.29) is 30.2 Å². The van der Waals surface area contributed by atoms with Crippen LogP contribution in [0.15, 0.2) is 66.7 Å². The molecule has 3 aromatic carbocycles. The second kappa shape index (κ2) is 14.7. The molecule has 0 bridgehead atoms. The van der Waals surface area contributed by atoms with Crippen LogP contribution in [0.25, 0.3) is 0 Å². The number of carbonyl (C=O) groups is 2. The Balaban J connectivity index is 1.60. The second-order valence-electron chi connectivity index (χ2n) is 9.65. The van der Waals surface area contributed by atoms with Crippen molar-refractivity contribution in [2.24, 2.45) is 0 Å². The van der Waals surface area contributed by atoms with E-state index in [2.05, 4.69) is 5.32 Å². The summed E-state index contributed by atoms with van der Waals surface area (Å²) < 4.78 is 0. The zero-order valence-corrected chi connectivity index (χ0v) is 25.2. The van der Waals surface area contributed by atoms with E-state index in [9.17, 15) is 9.59 Å². The molecule has 9 heteroatoms. The van der Waals surface area contributed by atoms with Gasteiger partial charge in [0.05, 0.1) is 5.75 Å². The Labute approximate surface area is 254 Å². The van der Waals surface area contributed by atoms with Crippen LogP contribution in [0, 0.1) is 0 Å². The van der Waals surface area contributed by atoms with Crippen LogP contribution in [-0.4, -0.2) is 34.6 Å². The predicted octanol–water partition coefficient (Wildman–Crippen LogP) is 8.23. The number of thioether (sulfide) groups is 1. The lowest BCUT2D eigenvalue weighted by Crippen LogP contribution is -2.52. The number of amides is 2. The molecule has 39 heavy (non-hydrogen) atoms. The third-order valence-electron chi connectivity index (χ3n) is 6.86. The molecule has 1 N–H and O–H groups in total. The average Bonchev–Trinajstić information content (AvgIpc) is 3.42. The van der Waals surface area contributed by atoms with Gasteiger partial charge in [-0.05, 0) is 53.8 Å². The molecule has 2 amide bonds. The molecule has 0 saturated heterocycles. The standard InChI is InChI=1S/C30H30Cl4N2O2S/c31-22-14-13-21(27(34)16-22)17-36(29(37)19-39-18-24-25(32)11-6-12-26(24)33)28(15-20-7-2-1-3-8-20)30(38)35-23-9-4-5-10-23/h1-3,6-8,11-14,16,23,28H,4-5,9-10,15,17-19H2,(H,35,38)/t28-/m1/s1. The molecule has 0 unspecified atom stereocenters. The van der Waals surface area contributed by atoms with Gasteiger partial charge >= 0.3 is 0 Å². The van der Waals surface area contributed by atoms with Crippen LogP contribution in [0.3, 0.4) is 0 Å². The Morgan fingerprint density at radius 2 is 1.59 bits per heavy atom. The minimum absolute atomic E-state index is 0.128. The molecule has 1 atom stereocenters. The fraction of sp³-hybridized carbons (Fsp3) is 0.333. The van der Waals surface area contributed by atoms with Crippen molar-refractivity contribution < 1.29 is 9.59 Å². The molecule has 1 fully saturated rings. The molecule has 3 aromatic rings. The molecule has 206 valence electrons. The van der Waals surface area contributed by atoms with Gasteiger partial charge in [0.25, 0.3) is 0 Å². The van der Waals surface area contributed by atoms with E-state index >= 15 is 0 Å². The highest BCUT2D eigenvalue weighted by molar-refractivity contribution is 7.99. The monoisotopic (exact) mass is 622 g/mol. The first-order valence-electron chi connectivity index (χ1n) is 12.9. The molecule has 4 nitrogen and oxygen atoms in total. The number of nitrogens with one attached hydrogen (secondary N) is 1. The molecule has 0 spiro atoms. The van der Waals surface area contributed by atoms with Crippen molar-refractivity contribution in [3.8, 4) is 0 Å². The molecule has 0 aliphatic heterocycles. The third kappa shape index (κ3) is 8.55. The minimum Gasteiger partial charge on any atom is -0.352 e. The van der Waals surface area contributed by atoms with E-state index in [1.54, 1.807) is 41.3 Å². The summed E-state index contributed by atoms with van der Waals surface area (Å²) in [6.07, 6.45) is 4.49. The first kappa shape index (κ1) is 30.1.